The van der Waals surface area contributed by atoms with Crippen LogP contribution in [-0.2, 0) is 9.53 Å². The summed E-state index contributed by atoms with van der Waals surface area (Å²) in [5.74, 6) is -0.269. The SMILES string of the molecule is COc1ccc(NC(=O)NCC(CC(=O)O)OC)c(C)c1. The summed E-state index contributed by atoms with van der Waals surface area (Å²) in [5.41, 5.74) is 1.51. The van der Waals surface area contributed by atoms with Gasteiger partial charge in [0.05, 0.1) is 19.6 Å². The number of carbonyl (C=O) groups excluding carboxylic acids is 1. The summed E-state index contributed by atoms with van der Waals surface area (Å²) in [6.07, 6.45) is -0.733. The lowest BCUT2D eigenvalue weighted by Crippen LogP contribution is -2.37. The van der Waals surface area contributed by atoms with Crippen molar-refractivity contribution in [3.05, 3.63) is 23.8 Å². The largest absolute Gasteiger partial charge is 0.497 e. The third-order valence-corrected chi connectivity index (χ3v) is 2.91. The highest BCUT2D eigenvalue weighted by molar-refractivity contribution is 5.90. The summed E-state index contributed by atoms with van der Waals surface area (Å²) in [6, 6.07) is 4.86. The second-order valence-corrected chi connectivity index (χ2v) is 4.47. The molecule has 0 aromatic heterocycles. The first-order valence-electron chi connectivity index (χ1n) is 6.40. The van der Waals surface area contributed by atoms with Crippen LogP contribution < -0.4 is 15.4 Å². The van der Waals surface area contributed by atoms with E-state index in [9.17, 15) is 9.59 Å². The summed E-state index contributed by atoms with van der Waals surface area (Å²) in [7, 11) is 2.97. The van der Waals surface area contributed by atoms with Crippen LogP contribution >= 0.6 is 0 Å². The number of hydrogen-bond acceptors (Lipinski definition) is 4. The summed E-state index contributed by atoms with van der Waals surface area (Å²) in [5, 5.41) is 13.9. The zero-order valence-electron chi connectivity index (χ0n) is 12.3. The quantitative estimate of drug-likeness (QED) is 0.710. The number of carboxylic acid groups (broad SMARTS) is 1. The van der Waals surface area contributed by atoms with Crippen LogP contribution in [0.15, 0.2) is 18.2 Å². The number of aryl methyl sites for hydroxylation is 1. The van der Waals surface area contributed by atoms with Gasteiger partial charge in [0.15, 0.2) is 0 Å². The second-order valence-electron chi connectivity index (χ2n) is 4.47. The predicted molar refractivity (Wildman–Crippen MR) is 77.8 cm³/mol. The lowest BCUT2D eigenvalue weighted by molar-refractivity contribution is -0.139. The van der Waals surface area contributed by atoms with E-state index in [-0.39, 0.29) is 13.0 Å². The maximum absolute atomic E-state index is 11.8. The van der Waals surface area contributed by atoms with Gasteiger partial charge in [0, 0.05) is 19.3 Å². The Morgan fingerprint density at radius 2 is 2.05 bits per heavy atom. The molecule has 0 fully saturated rings. The molecule has 2 amide bonds. The molecule has 0 radical (unpaired) electrons. The van der Waals surface area contributed by atoms with Gasteiger partial charge in [0.2, 0.25) is 0 Å². The molecule has 0 heterocycles. The molecule has 3 N–H and O–H groups in total. The number of rotatable bonds is 7. The number of ether oxygens (including phenoxy) is 2. The Balaban J connectivity index is 2.51. The summed E-state index contributed by atoms with van der Waals surface area (Å²) in [6.45, 7) is 1.96. The third-order valence-electron chi connectivity index (χ3n) is 2.91. The van der Waals surface area contributed by atoms with Gasteiger partial charge in [-0.2, -0.15) is 0 Å². The Labute approximate surface area is 123 Å². The first-order valence-corrected chi connectivity index (χ1v) is 6.40. The number of methoxy groups -OCH3 is 2. The molecule has 116 valence electrons. The molecule has 1 atom stereocenters. The molecule has 1 aromatic carbocycles. The number of benzene rings is 1. The average molecular weight is 296 g/mol. The third kappa shape index (κ3) is 5.70. The van der Waals surface area contributed by atoms with Gasteiger partial charge in [-0.15, -0.1) is 0 Å². The second kappa shape index (κ2) is 8.11. The number of anilines is 1. The van der Waals surface area contributed by atoms with E-state index in [0.717, 1.165) is 5.56 Å². The normalized spacial score (nSPS) is 11.6. The zero-order chi connectivity index (χ0) is 15.8. The minimum absolute atomic E-state index is 0.115. The fraction of sp³-hybridized carbons (Fsp3) is 0.429. The predicted octanol–water partition coefficient (Wildman–Crippen LogP) is 1.61. The molecule has 0 aliphatic carbocycles. The lowest BCUT2D eigenvalue weighted by Gasteiger charge is -2.15. The first kappa shape index (κ1) is 16.8. The zero-order valence-corrected chi connectivity index (χ0v) is 12.3. The van der Waals surface area contributed by atoms with Crippen LogP contribution in [-0.4, -0.2) is 44.0 Å². The number of aliphatic carboxylic acids is 1. The number of amides is 2. The van der Waals surface area contributed by atoms with Gasteiger partial charge in [-0.25, -0.2) is 4.79 Å². The average Bonchev–Trinajstić information content (AvgIpc) is 2.45. The Morgan fingerprint density at radius 3 is 2.57 bits per heavy atom. The molecule has 1 unspecified atom stereocenters. The minimum atomic E-state index is -0.977. The van der Waals surface area contributed by atoms with Crippen LogP contribution in [0.2, 0.25) is 0 Å². The van der Waals surface area contributed by atoms with Crippen molar-refractivity contribution in [2.45, 2.75) is 19.4 Å². The standard InChI is InChI=1S/C14H20N2O5/c1-9-6-10(20-2)4-5-12(9)16-14(19)15-8-11(21-3)7-13(17)18/h4-6,11H,7-8H2,1-3H3,(H,17,18)(H2,15,16,19). The van der Waals surface area contributed by atoms with E-state index < -0.39 is 18.1 Å². The minimum Gasteiger partial charge on any atom is -0.497 e. The smallest absolute Gasteiger partial charge is 0.319 e. The van der Waals surface area contributed by atoms with Crippen molar-refractivity contribution < 1.29 is 24.2 Å². The van der Waals surface area contributed by atoms with E-state index in [2.05, 4.69) is 10.6 Å². The Hall–Kier alpha value is -2.28. The van der Waals surface area contributed by atoms with Crippen LogP contribution in [0.1, 0.15) is 12.0 Å². The number of nitrogens with one attached hydrogen (secondary N) is 2. The van der Waals surface area contributed by atoms with Crippen molar-refractivity contribution in [3.8, 4) is 5.75 Å². The molecule has 0 aliphatic rings. The summed E-state index contributed by atoms with van der Waals surface area (Å²) in [4.78, 5) is 22.4. The first-order chi connectivity index (χ1) is 9.96. The fourth-order valence-corrected chi connectivity index (χ4v) is 1.71. The fourth-order valence-electron chi connectivity index (χ4n) is 1.71. The van der Waals surface area contributed by atoms with Gasteiger partial charge >= 0.3 is 12.0 Å². The van der Waals surface area contributed by atoms with Gasteiger partial charge in [-0.1, -0.05) is 0 Å². The molecule has 21 heavy (non-hydrogen) atoms. The van der Waals surface area contributed by atoms with Crippen LogP contribution in [0.25, 0.3) is 0 Å². The van der Waals surface area contributed by atoms with E-state index >= 15 is 0 Å². The molecule has 7 heteroatoms. The van der Waals surface area contributed by atoms with Crippen LogP contribution in [0.4, 0.5) is 10.5 Å². The number of hydrogen-bond donors (Lipinski definition) is 3. The van der Waals surface area contributed by atoms with Crippen molar-refractivity contribution in [2.24, 2.45) is 0 Å². The highest BCUT2D eigenvalue weighted by atomic mass is 16.5. The highest BCUT2D eigenvalue weighted by Gasteiger charge is 2.13. The van der Waals surface area contributed by atoms with E-state index in [1.807, 2.05) is 6.92 Å². The lowest BCUT2D eigenvalue weighted by atomic mass is 10.2. The maximum atomic E-state index is 11.8. The molecule has 7 nitrogen and oxygen atoms in total. The molecular weight excluding hydrogens is 276 g/mol. The number of carboxylic acids is 1. The Morgan fingerprint density at radius 1 is 1.33 bits per heavy atom. The van der Waals surface area contributed by atoms with Crippen molar-refractivity contribution in [2.75, 3.05) is 26.1 Å². The van der Waals surface area contributed by atoms with Gasteiger partial charge in [-0.05, 0) is 30.7 Å². The molecule has 1 rings (SSSR count). The molecule has 0 bridgehead atoms. The Kier molecular flexibility index (Phi) is 6.48. The van der Waals surface area contributed by atoms with Crippen molar-refractivity contribution in [3.63, 3.8) is 0 Å². The topological polar surface area (TPSA) is 96.9 Å². The van der Waals surface area contributed by atoms with Gasteiger partial charge in [0.25, 0.3) is 0 Å². The van der Waals surface area contributed by atoms with Crippen molar-refractivity contribution in [1.29, 1.82) is 0 Å². The van der Waals surface area contributed by atoms with E-state index in [0.29, 0.717) is 11.4 Å². The maximum Gasteiger partial charge on any atom is 0.319 e. The van der Waals surface area contributed by atoms with E-state index in [1.165, 1.54) is 7.11 Å². The molecular formula is C14H20N2O5. The van der Waals surface area contributed by atoms with Gasteiger partial charge < -0.3 is 25.2 Å². The Bertz CT molecular complexity index is 504. The molecule has 0 aliphatic heterocycles. The van der Waals surface area contributed by atoms with E-state index in [4.69, 9.17) is 14.6 Å². The van der Waals surface area contributed by atoms with Crippen molar-refractivity contribution in [1.82, 2.24) is 5.32 Å². The van der Waals surface area contributed by atoms with E-state index in [1.54, 1.807) is 25.3 Å². The van der Waals surface area contributed by atoms with Gasteiger partial charge in [-0.3, -0.25) is 4.79 Å². The van der Waals surface area contributed by atoms with Crippen molar-refractivity contribution >= 4 is 17.7 Å². The number of carbonyl (C=O) groups is 2. The molecule has 0 saturated carbocycles. The summed E-state index contributed by atoms with van der Waals surface area (Å²) < 4.78 is 10.1. The van der Waals surface area contributed by atoms with Crippen LogP contribution in [0, 0.1) is 6.92 Å². The monoisotopic (exact) mass is 296 g/mol. The number of urea groups is 1. The van der Waals surface area contributed by atoms with Crippen LogP contribution in [0.3, 0.4) is 0 Å². The van der Waals surface area contributed by atoms with Gasteiger partial charge in [0.1, 0.15) is 5.75 Å². The molecule has 0 saturated heterocycles. The highest BCUT2D eigenvalue weighted by Crippen LogP contribution is 2.20. The summed E-state index contributed by atoms with van der Waals surface area (Å²) >= 11 is 0. The van der Waals surface area contributed by atoms with Crippen LogP contribution in [0.5, 0.6) is 5.75 Å². The molecule has 0 spiro atoms. The molecule has 1 aromatic rings.